The van der Waals surface area contributed by atoms with Crippen molar-refractivity contribution >= 4 is 27.1 Å². The van der Waals surface area contributed by atoms with Crippen LogP contribution in [-0.2, 0) is 21.2 Å². The summed E-state index contributed by atoms with van der Waals surface area (Å²) in [6, 6.07) is 0.206. The minimum atomic E-state index is -4.01. The largest absolute Gasteiger partial charge is 0.480 e. The Morgan fingerprint density at radius 3 is 2.70 bits per heavy atom. The Morgan fingerprint density at radius 1 is 1.43 bits per heavy atom. The Balaban J connectivity index is 2.36. The fourth-order valence-corrected chi connectivity index (χ4v) is 3.36. The monoisotopic (exact) mass is 341 g/mol. The second kappa shape index (κ2) is 6.63. The van der Waals surface area contributed by atoms with Crippen LogP contribution in [0.2, 0.25) is 0 Å². The van der Waals surface area contributed by atoms with Gasteiger partial charge in [-0.3, -0.25) is 4.79 Å². The number of carbonyl (C=O) groups is 1. The molecule has 2 N–H and O–H groups in total. The van der Waals surface area contributed by atoms with Crippen LogP contribution in [0.5, 0.6) is 0 Å². The van der Waals surface area contributed by atoms with E-state index in [1.54, 1.807) is 0 Å². The average Bonchev–Trinajstić information content (AvgIpc) is 2.87. The maximum Gasteiger partial charge on any atom is 0.321 e. The number of carboxylic acid groups (broad SMARTS) is 1. The molecule has 0 aromatic carbocycles. The van der Waals surface area contributed by atoms with Crippen molar-refractivity contribution in [2.75, 3.05) is 0 Å². The number of aryl methyl sites for hydroxylation is 1. The number of carboxylic acids is 1. The first-order valence-corrected chi connectivity index (χ1v) is 8.72. The van der Waals surface area contributed by atoms with E-state index in [9.17, 15) is 18.3 Å². The molecule has 0 spiro atoms. The molecular weight excluding hydrogens is 322 g/mol. The van der Waals surface area contributed by atoms with E-state index in [1.165, 1.54) is 6.07 Å². The molecule has 0 aliphatic heterocycles. The van der Waals surface area contributed by atoms with Gasteiger partial charge in [-0.15, -0.1) is 0 Å². The number of aliphatic carboxylic acids is 1. The Bertz CT molecular complexity index is 813. The summed E-state index contributed by atoms with van der Waals surface area (Å²) in [7, 11) is -4.01. The third-order valence-electron chi connectivity index (χ3n) is 3.33. The van der Waals surface area contributed by atoms with Gasteiger partial charge in [0.15, 0.2) is 0 Å². The van der Waals surface area contributed by atoms with Crippen LogP contribution in [0.3, 0.4) is 0 Å². The van der Waals surface area contributed by atoms with Crippen LogP contribution in [0.15, 0.2) is 21.7 Å². The smallest absolute Gasteiger partial charge is 0.321 e. The lowest BCUT2D eigenvalue weighted by Crippen LogP contribution is -2.41. The lowest BCUT2D eigenvalue weighted by atomic mass is 10.1. The summed E-state index contributed by atoms with van der Waals surface area (Å²) in [5.41, 5.74) is 0.847. The number of nitrogens with zero attached hydrogens (tertiary/aromatic N) is 2. The van der Waals surface area contributed by atoms with Gasteiger partial charge in [-0.2, -0.15) is 4.72 Å². The minimum Gasteiger partial charge on any atom is -0.480 e. The molecule has 8 nitrogen and oxygen atoms in total. The molecule has 0 bridgehead atoms. The highest BCUT2D eigenvalue weighted by Crippen LogP contribution is 2.21. The number of pyridine rings is 1. The van der Waals surface area contributed by atoms with Crippen molar-refractivity contribution < 1.29 is 22.8 Å². The van der Waals surface area contributed by atoms with Gasteiger partial charge in [-0.25, -0.2) is 13.4 Å². The molecular formula is C14H19N3O5S. The zero-order chi connectivity index (χ0) is 17.2. The summed E-state index contributed by atoms with van der Waals surface area (Å²) in [5, 5.41) is 13.5. The number of nitrogens with one attached hydrogen (secondary N) is 1. The Hall–Kier alpha value is -2.00. The molecule has 9 heteroatoms. The third kappa shape index (κ3) is 3.85. The molecule has 0 amide bonds. The molecule has 2 heterocycles. The zero-order valence-corrected chi connectivity index (χ0v) is 13.9. The molecule has 2 rings (SSSR count). The van der Waals surface area contributed by atoms with Gasteiger partial charge in [0.05, 0.1) is 17.3 Å². The molecule has 2 aromatic heterocycles. The standard InChI is InChI=1S/C14H19N3O5S/c1-4-11-10-6-9(7-15-13(10)22-16-11)23(20,21)17-12(14(18)19)5-8(2)3/h6-8,12,17H,4-5H2,1-3H3,(H,18,19)/t12-/m0/s1. The number of hydrogen-bond acceptors (Lipinski definition) is 6. The summed E-state index contributed by atoms with van der Waals surface area (Å²) in [4.78, 5) is 15.1. The van der Waals surface area contributed by atoms with Gasteiger partial charge in [-0.1, -0.05) is 25.9 Å². The topological polar surface area (TPSA) is 122 Å². The highest BCUT2D eigenvalue weighted by atomic mass is 32.2. The molecule has 0 aliphatic carbocycles. The van der Waals surface area contributed by atoms with Gasteiger partial charge in [0.1, 0.15) is 10.9 Å². The first-order chi connectivity index (χ1) is 10.7. The van der Waals surface area contributed by atoms with Crippen molar-refractivity contribution in [1.29, 1.82) is 0 Å². The second-order valence-electron chi connectivity index (χ2n) is 5.65. The van der Waals surface area contributed by atoms with E-state index in [0.717, 1.165) is 6.20 Å². The van der Waals surface area contributed by atoms with Crippen LogP contribution < -0.4 is 4.72 Å². The molecule has 2 aromatic rings. The lowest BCUT2D eigenvalue weighted by Gasteiger charge is -2.16. The number of fused-ring (bicyclic) bond motifs is 1. The number of hydrogen-bond donors (Lipinski definition) is 2. The van der Waals surface area contributed by atoms with Crippen molar-refractivity contribution in [2.24, 2.45) is 5.92 Å². The Labute approximate surface area is 133 Å². The fourth-order valence-electron chi connectivity index (χ4n) is 2.19. The average molecular weight is 341 g/mol. The summed E-state index contributed by atoms with van der Waals surface area (Å²) in [6.07, 6.45) is 1.89. The van der Waals surface area contributed by atoms with E-state index in [2.05, 4.69) is 14.9 Å². The van der Waals surface area contributed by atoms with Crippen molar-refractivity contribution in [2.45, 2.75) is 44.6 Å². The first-order valence-electron chi connectivity index (χ1n) is 7.24. The molecule has 1 atom stereocenters. The van der Waals surface area contributed by atoms with Crippen LogP contribution in [0, 0.1) is 5.92 Å². The molecule has 23 heavy (non-hydrogen) atoms. The minimum absolute atomic E-state index is 0.0316. The quantitative estimate of drug-likeness (QED) is 0.783. The van der Waals surface area contributed by atoms with Gasteiger partial charge in [0.2, 0.25) is 10.0 Å². The first kappa shape index (κ1) is 17.4. The predicted octanol–water partition coefficient (Wildman–Crippen LogP) is 1.56. The maximum atomic E-state index is 12.4. The van der Waals surface area contributed by atoms with Crippen molar-refractivity contribution in [3.05, 3.63) is 18.0 Å². The van der Waals surface area contributed by atoms with Crippen molar-refractivity contribution in [3.8, 4) is 0 Å². The molecule has 0 saturated heterocycles. The van der Waals surface area contributed by atoms with E-state index in [-0.39, 0.29) is 22.9 Å². The lowest BCUT2D eigenvalue weighted by molar-refractivity contribution is -0.139. The molecule has 126 valence electrons. The van der Waals surface area contributed by atoms with E-state index in [1.807, 2.05) is 20.8 Å². The van der Waals surface area contributed by atoms with Gasteiger partial charge < -0.3 is 9.63 Å². The number of sulfonamides is 1. The Morgan fingerprint density at radius 2 is 2.13 bits per heavy atom. The number of aromatic nitrogens is 2. The third-order valence-corrected chi connectivity index (χ3v) is 4.77. The van der Waals surface area contributed by atoms with E-state index in [0.29, 0.717) is 17.5 Å². The van der Waals surface area contributed by atoms with Crippen LogP contribution in [-0.4, -0.2) is 35.7 Å². The van der Waals surface area contributed by atoms with Gasteiger partial charge in [0.25, 0.3) is 5.71 Å². The predicted molar refractivity (Wildman–Crippen MR) is 82.4 cm³/mol. The number of rotatable bonds is 7. The maximum absolute atomic E-state index is 12.4. The van der Waals surface area contributed by atoms with E-state index >= 15 is 0 Å². The normalized spacial score (nSPS) is 13.6. The van der Waals surface area contributed by atoms with Crippen LogP contribution in [0.1, 0.15) is 32.9 Å². The summed E-state index contributed by atoms with van der Waals surface area (Å²) < 4.78 is 32.1. The SMILES string of the molecule is CCc1noc2ncc(S(=O)(=O)N[C@@H](CC(C)C)C(=O)O)cc12. The molecule has 0 fully saturated rings. The Kier molecular flexibility index (Phi) is 5.00. The van der Waals surface area contributed by atoms with Crippen LogP contribution in [0.25, 0.3) is 11.1 Å². The second-order valence-corrected chi connectivity index (χ2v) is 7.36. The summed E-state index contributed by atoms with van der Waals surface area (Å²) >= 11 is 0. The van der Waals surface area contributed by atoms with Gasteiger partial charge in [0, 0.05) is 0 Å². The highest BCUT2D eigenvalue weighted by molar-refractivity contribution is 7.89. The van der Waals surface area contributed by atoms with Gasteiger partial charge >= 0.3 is 5.97 Å². The van der Waals surface area contributed by atoms with Crippen molar-refractivity contribution in [1.82, 2.24) is 14.9 Å². The van der Waals surface area contributed by atoms with Gasteiger partial charge in [-0.05, 0) is 24.8 Å². The molecule has 0 radical (unpaired) electrons. The van der Waals surface area contributed by atoms with E-state index in [4.69, 9.17) is 4.52 Å². The van der Waals surface area contributed by atoms with Crippen molar-refractivity contribution in [3.63, 3.8) is 0 Å². The van der Waals surface area contributed by atoms with Crippen LogP contribution in [0.4, 0.5) is 0 Å². The summed E-state index contributed by atoms with van der Waals surface area (Å²) in [6.45, 7) is 5.50. The fraction of sp³-hybridized carbons (Fsp3) is 0.500. The summed E-state index contributed by atoms with van der Waals surface area (Å²) in [5.74, 6) is -1.18. The molecule has 0 saturated carbocycles. The van der Waals surface area contributed by atoms with E-state index < -0.39 is 22.0 Å². The van der Waals surface area contributed by atoms with Crippen LogP contribution >= 0.6 is 0 Å². The zero-order valence-electron chi connectivity index (χ0n) is 13.1. The highest BCUT2D eigenvalue weighted by Gasteiger charge is 2.27. The molecule has 0 unspecified atom stereocenters. The molecule has 0 aliphatic rings.